The molecule has 1 amide bonds. The maximum atomic E-state index is 13.7. The molecule has 1 saturated heterocycles. The largest absolute Gasteiger partial charge is 0.377 e. The molecule has 4 aromatic rings. The first-order chi connectivity index (χ1) is 20.5. The molecule has 3 aromatic heterocycles. The van der Waals surface area contributed by atoms with E-state index in [1.54, 1.807) is 23.7 Å². The number of hydrogen-bond donors (Lipinski definition) is 2. The molecule has 1 fully saturated rings. The Bertz CT molecular complexity index is 1890. The number of hydrogen-bond acceptors (Lipinski definition) is 9. The van der Waals surface area contributed by atoms with Gasteiger partial charge in [0.2, 0.25) is 5.95 Å². The van der Waals surface area contributed by atoms with Crippen LogP contribution < -0.4 is 20.5 Å². The Morgan fingerprint density at radius 3 is 2.72 bits per heavy atom. The van der Waals surface area contributed by atoms with E-state index in [2.05, 4.69) is 31.0 Å². The molecule has 11 nitrogen and oxygen atoms in total. The lowest BCUT2D eigenvalue weighted by Gasteiger charge is -2.23. The van der Waals surface area contributed by atoms with E-state index in [1.807, 2.05) is 45.2 Å². The molecule has 0 aliphatic carbocycles. The van der Waals surface area contributed by atoms with Gasteiger partial charge in [-0.2, -0.15) is 5.26 Å². The van der Waals surface area contributed by atoms with Gasteiger partial charge in [0.05, 0.1) is 33.9 Å². The first-order valence-electron chi connectivity index (χ1n) is 13.7. The van der Waals surface area contributed by atoms with Crippen molar-refractivity contribution in [3.63, 3.8) is 0 Å². The minimum Gasteiger partial charge on any atom is -0.377 e. The van der Waals surface area contributed by atoms with Gasteiger partial charge >= 0.3 is 0 Å². The van der Waals surface area contributed by atoms with Crippen LogP contribution in [0.4, 0.5) is 11.6 Å². The summed E-state index contributed by atoms with van der Waals surface area (Å²) in [5, 5.41) is 13.4. The number of aryl methyl sites for hydroxylation is 2. The lowest BCUT2D eigenvalue weighted by atomic mass is 9.98. The van der Waals surface area contributed by atoms with Gasteiger partial charge in [-0.15, -0.1) is 0 Å². The van der Waals surface area contributed by atoms with E-state index in [0.717, 1.165) is 23.1 Å². The van der Waals surface area contributed by atoms with Crippen molar-refractivity contribution >= 4 is 51.0 Å². The van der Waals surface area contributed by atoms with Gasteiger partial charge in [0.15, 0.2) is 5.69 Å². The SMILES string of the molecule is Cc1cc(C(C)Nc2ccc(Cl)nc2C(=O)NS(C)=O)c2nc(N3CC[C@@H](c4cnc(C)c(C#N)c4)C3)n(C)c(=O)c2c1. The molecule has 13 heteroatoms. The zero-order valence-corrected chi connectivity index (χ0v) is 26.0. The molecule has 1 aliphatic heterocycles. The predicted molar refractivity (Wildman–Crippen MR) is 168 cm³/mol. The monoisotopic (exact) mass is 618 g/mol. The summed E-state index contributed by atoms with van der Waals surface area (Å²) in [7, 11) is 0.138. The van der Waals surface area contributed by atoms with Crippen molar-refractivity contribution in [3.8, 4) is 6.07 Å². The standard InChI is InChI=1S/C30H31ClN8O3S/c1-16-10-22(18(3)34-24-6-7-25(31)35-27(24)28(40)37-43(5)42)26-23(11-16)29(41)38(4)30(36-26)39-9-8-19(15-39)21-12-20(13-32)17(2)33-14-21/h6-7,10-12,14,18-19,34H,8-9,15H2,1-5H3,(H,37,40)/t18?,19-,43?/m1/s1. The van der Waals surface area contributed by atoms with Crippen LogP contribution in [0.3, 0.4) is 0 Å². The van der Waals surface area contributed by atoms with Gasteiger partial charge in [0.1, 0.15) is 22.2 Å². The van der Waals surface area contributed by atoms with Crippen LogP contribution in [0.2, 0.25) is 5.15 Å². The van der Waals surface area contributed by atoms with E-state index in [9.17, 15) is 19.1 Å². The molecule has 3 atom stereocenters. The molecule has 5 rings (SSSR count). The highest BCUT2D eigenvalue weighted by molar-refractivity contribution is 7.82. The molecule has 2 N–H and O–H groups in total. The summed E-state index contributed by atoms with van der Waals surface area (Å²) >= 11 is 6.07. The van der Waals surface area contributed by atoms with E-state index in [4.69, 9.17) is 16.6 Å². The summed E-state index contributed by atoms with van der Waals surface area (Å²) in [6.45, 7) is 6.96. The third-order valence-corrected chi connectivity index (χ3v) is 8.34. The number of nitrogens with zero attached hydrogens (tertiary/aromatic N) is 6. The second-order valence-electron chi connectivity index (χ2n) is 10.8. The zero-order chi connectivity index (χ0) is 31.0. The molecule has 0 radical (unpaired) electrons. The zero-order valence-electron chi connectivity index (χ0n) is 24.4. The lowest BCUT2D eigenvalue weighted by molar-refractivity contribution is 0.0979. The Kier molecular flexibility index (Phi) is 8.48. The minimum atomic E-state index is -1.59. The van der Waals surface area contributed by atoms with Crippen LogP contribution >= 0.6 is 11.6 Å². The molecule has 2 unspecified atom stereocenters. The number of nitrogens with one attached hydrogen (secondary N) is 2. The summed E-state index contributed by atoms with van der Waals surface area (Å²) in [6.07, 6.45) is 4.01. The summed E-state index contributed by atoms with van der Waals surface area (Å²) < 4.78 is 15.6. The maximum absolute atomic E-state index is 13.7. The first-order valence-corrected chi connectivity index (χ1v) is 15.6. The van der Waals surface area contributed by atoms with Gasteiger partial charge < -0.3 is 10.2 Å². The van der Waals surface area contributed by atoms with Crippen molar-refractivity contribution < 1.29 is 9.00 Å². The van der Waals surface area contributed by atoms with E-state index >= 15 is 0 Å². The summed E-state index contributed by atoms with van der Waals surface area (Å²) in [5.41, 5.74) is 4.70. The van der Waals surface area contributed by atoms with Crippen LogP contribution in [0.1, 0.15) is 63.7 Å². The molecule has 4 heterocycles. The van der Waals surface area contributed by atoms with Gasteiger partial charge in [-0.25, -0.2) is 14.2 Å². The second-order valence-corrected chi connectivity index (χ2v) is 12.3. The highest BCUT2D eigenvalue weighted by Crippen LogP contribution is 2.33. The van der Waals surface area contributed by atoms with Crippen LogP contribution in [0.15, 0.2) is 41.3 Å². The number of nitriles is 1. The Labute approximate surface area is 256 Å². The molecule has 0 saturated carbocycles. The summed E-state index contributed by atoms with van der Waals surface area (Å²) in [6, 6.07) is 10.7. The van der Waals surface area contributed by atoms with Crippen molar-refractivity contribution in [1.29, 1.82) is 5.26 Å². The normalized spacial score (nSPS) is 16.1. The number of pyridine rings is 2. The van der Waals surface area contributed by atoms with Crippen LogP contribution in [0, 0.1) is 25.2 Å². The van der Waals surface area contributed by atoms with Crippen LogP contribution in [0.5, 0.6) is 0 Å². The lowest BCUT2D eigenvalue weighted by Crippen LogP contribution is -2.30. The maximum Gasteiger partial charge on any atom is 0.283 e. The quantitative estimate of drug-likeness (QED) is 0.293. The number of carbonyl (C=O) groups excluding carboxylic acids is 1. The topological polar surface area (TPSA) is 146 Å². The Morgan fingerprint density at radius 2 is 2.00 bits per heavy atom. The first kappa shape index (κ1) is 30.1. The number of rotatable bonds is 7. The van der Waals surface area contributed by atoms with Crippen LogP contribution in [-0.2, 0) is 18.0 Å². The third kappa shape index (κ3) is 6.09. The predicted octanol–water partition coefficient (Wildman–Crippen LogP) is 4.06. The number of amides is 1. The third-order valence-electron chi connectivity index (χ3n) is 7.65. The molecular weight excluding hydrogens is 588 g/mol. The fourth-order valence-electron chi connectivity index (χ4n) is 5.47. The number of carbonyl (C=O) groups is 1. The molecular formula is C30H31ClN8O3S. The molecule has 1 aliphatic rings. The second kappa shape index (κ2) is 12.1. The Balaban J connectivity index is 1.52. The highest BCUT2D eigenvalue weighted by atomic mass is 35.5. The van der Waals surface area contributed by atoms with E-state index in [0.29, 0.717) is 46.9 Å². The van der Waals surface area contributed by atoms with Crippen molar-refractivity contribution in [2.75, 3.05) is 29.6 Å². The van der Waals surface area contributed by atoms with Gasteiger partial charge in [-0.3, -0.25) is 23.9 Å². The molecule has 0 spiro atoms. The average molecular weight is 619 g/mol. The fourth-order valence-corrected chi connectivity index (χ4v) is 5.97. The number of fused-ring (bicyclic) bond motifs is 1. The molecule has 1 aromatic carbocycles. The van der Waals surface area contributed by atoms with E-state index in [1.165, 1.54) is 6.26 Å². The molecule has 43 heavy (non-hydrogen) atoms. The molecule has 0 bridgehead atoms. The van der Waals surface area contributed by atoms with E-state index < -0.39 is 22.9 Å². The van der Waals surface area contributed by atoms with Gasteiger partial charge in [-0.05, 0) is 62.6 Å². The summed E-state index contributed by atoms with van der Waals surface area (Å²) in [4.78, 5) is 42.1. The number of anilines is 2. The van der Waals surface area contributed by atoms with Crippen LogP contribution in [0.25, 0.3) is 10.9 Å². The Hall–Kier alpha value is -4.34. The number of aromatic nitrogens is 4. The average Bonchev–Trinajstić information content (AvgIpc) is 3.45. The van der Waals surface area contributed by atoms with E-state index in [-0.39, 0.29) is 22.3 Å². The number of benzene rings is 1. The van der Waals surface area contributed by atoms with Gasteiger partial charge in [0.25, 0.3) is 11.5 Å². The molecule has 222 valence electrons. The van der Waals surface area contributed by atoms with Crippen molar-refractivity contribution in [3.05, 3.63) is 85.7 Å². The van der Waals surface area contributed by atoms with Crippen molar-refractivity contribution in [2.45, 2.75) is 39.2 Å². The smallest absolute Gasteiger partial charge is 0.283 e. The highest BCUT2D eigenvalue weighted by Gasteiger charge is 2.28. The van der Waals surface area contributed by atoms with Gasteiger partial charge in [-0.1, -0.05) is 17.7 Å². The van der Waals surface area contributed by atoms with Crippen LogP contribution in [-0.4, -0.2) is 49.0 Å². The van der Waals surface area contributed by atoms with Gasteiger partial charge in [0, 0.05) is 44.1 Å². The minimum absolute atomic E-state index is 0.00401. The van der Waals surface area contributed by atoms with Crippen molar-refractivity contribution in [1.82, 2.24) is 24.2 Å². The Morgan fingerprint density at radius 1 is 1.23 bits per heavy atom. The van der Waals surface area contributed by atoms with Crippen molar-refractivity contribution in [2.24, 2.45) is 7.05 Å². The fraction of sp³-hybridized carbons (Fsp3) is 0.333. The summed E-state index contributed by atoms with van der Waals surface area (Å²) in [5.74, 6) is 0.0671. The number of halogens is 1.